The molecule has 0 amide bonds. The Hall–Kier alpha value is -1.77. The monoisotopic (exact) mass is 229 g/mol. The molecule has 0 fully saturated rings. The van der Waals surface area contributed by atoms with Crippen LogP contribution in [-0.4, -0.2) is 16.3 Å². The number of nitrogens with one attached hydrogen (secondary N) is 1. The minimum Gasteiger partial charge on any atom is -0.383 e. The van der Waals surface area contributed by atoms with E-state index in [4.69, 9.17) is 0 Å². The Morgan fingerprint density at radius 1 is 1.35 bits per heavy atom. The highest BCUT2D eigenvalue weighted by atomic mass is 15.3. The maximum Gasteiger partial charge on any atom is 0.0582 e. The van der Waals surface area contributed by atoms with Gasteiger partial charge in [0.15, 0.2) is 0 Å². The Morgan fingerprint density at radius 3 is 2.94 bits per heavy atom. The largest absolute Gasteiger partial charge is 0.383 e. The molecule has 0 radical (unpaired) electrons. The summed E-state index contributed by atoms with van der Waals surface area (Å²) in [5.41, 5.74) is 3.97. The minimum absolute atomic E-state index is 0.891. The molecule has 17 heavy (non-hydrogen) atoms. The first kappa shape index (κ1) is 11.7. The van der Waals surface area contributed by atoms with Crippen LogP contribution in [0.4, 0.5) is 5.69 Å². The maximum atomic E-state index is 4.17. The quantitative estimate of drug-likeness (QED) is 0.854. The topological polar surface area (TPSA) is 29.9 Å². The van der Waals surface area contributed by atoms with Crippen molar-refractivity contribution in [1.29, 1.82) is 0 Å². The van der Waals surface area contributed by atoms with E-state index >= 15 is 0 Å². The number of rotatable bonds is 5. The van der Waals surface area contributed by atoms with Gasteiger partial charge in [0.1, 0.15) is 0 Å². The summed E-state index contributed by atoms with van der Waals surface area (Å²) in [5.74, 6) is 0. The predicted octanol–water partition coefficient (Wildman–Crippen LogP) is 2.87. The van der Waals surface area contributed by atoms with E-state index in [1.807, 2.05) is 16.9 Å². The van der Waals surface area contributed by atoms with Gasteiger partial charge in [0.2, 0.25) is 0 Å². The number of aryl methyl sites for hydroxylation is 2. The van der Waals surface area contributed by atoms with E-state index in [1.54, 1.807) is 6.20 Å². The number of anilines is 1. The molecule has 0 saturated carbocycles. The molecule has 0 aliphatic rings. The molecule has 2 aromatic rings. The van der Waals surface area contributed by atoms with Crippen molar-refractivity contribution in [1.82, 2.24) is 9.78 Å². The average Bonchev–Trinajstić information content (AvgIpc) is 2.84. The van der Waals surface area contributed by atoms with Crippen LogP contribution in [0.15, 0.2) is 36.7 Å². The summed E-state index contributed by atoms with van der Waals surface area (Å²) in [6.45, 7) is 6.14. The second-order valence-corrected chi connectivity index (χ2v) is 4.19. The molecule has 3 nitrogen and oxygen atoms in total. The highest BCUT2D eigenvalue weighted by Gasteiger charge is 1.98. The molecule has 0 bridgehead atoms. The van der Waals surface area contributed by atoms with Crippen LogP contribution < -0.4 is 5.32 Å². The summed E-state index contributed by atoms with van der Waals surface area (Å²) in [7, 11) is 0. The van der Waals surface area contributed by atoms with Gasteiger partial charge >= 0.3 is 0 Å². The Labute approximate surface area is 102 Å². The molecule has 0 spiro atoms. The van der Waals surface area contributed by atoms with Crippen LogP contribution in [0, 0.1) is 6.92 Å². The van der Waals surface area contributed by atoms with E-state index < -0.39 is 0 Å². The third-order valence-corrected chi connectivity index (χ3v) is 2.96. The van der Waals surface area contributed by atoms with Crippen molar-refractivity contribution in [2.24, 2.45) is 0 Å². The van der Waals surface area contributed by atoms with Gasteiger partial charge in [-0.25, -0.2) is 0 Å². The summed E-state index contributed by atoms with van der Waals surface area (Å²) >= 11 is 0. The summed E-state index contributed by atoms with van der Waals surface area (Å²) in [4.78, 5) is 0. The van der Waals surface area contributed by atoms with Crippen molar-refractivity contribution >= 4 is 5.69 Å². The Morgan fingerprint density at radius 2 is 2.24 bits per heavy atom. The van der Waals surface area contributed by atoms with Gasteiger partial charge in [0.05, 0.1) is 6.54 Å². The second kappa shape index (κ2) is 5.53. The van der Waals surface area contributed by atoms with Crippen molar-refractivity contribution in [3.8, 4) is 0 Å². The molecule has 1 N–H and O–H groups in total. The standard InChI is InChI=1S/C14H19N3/c1-3-13-11-14(6-5-12(13)2)15-8-10-17-9-4-7-16-17/h4-7,9,11,15H,3,8,10H2,1-2H3. The number of benzene rings is 1. The number of nitrogens with zero attached hydrogens (tertiary/aromatic N) is 2. The minimum atomic E-state index is 0.891. The SMILES string of the molecule is CCc1cc(NCCn2cccn2)ccc1C. The van der Waals surface area contributed by atoms with Crippen molar-refractivity contribution in [2.75, 3.05) is 11.9 Å². The van der Waals surface area contributed by atoms with E-state index in [-0.39, 0.29) is 0 Å². The Balaban J connectivity index is 1.90. The van der Waals surface area contributed by atoms with Gasteiger partial charge in [-0.05, 0) is 42.7 Å². The van der Waals surface area contributed by atoms with Gasteiger partial charge in [-0.2, -0.15) is 5.10 Å². The summed E-state index contributed by atoms with van der Waals surface area (Å²) in [6.07, 6.45) is 4.87. The molecule has 1 aromatic heterocycles. The van der Waals surface area contributed by atoms with E-state index in [1.165, 1.54) is 16.8 Å². The van der Waals surface area contributed by atoms with Crippen molar-refractivity contribution in [3.63, 3.8) is 0 Å². The fraction of sp³-hybridized carbons (Fsp3) is 0.357. The number of hydrogen-bond acceptors (Lipinski definition) is 2. The lowest BCUT2D eigenvalue weighted by molar-refractivity contribution is 0.638. The highest BCUT2D eigenvalue weighted by molar-refractivity contribution is 5.48. The van der Waals surface area contributed by atoms with Gasteiger partial charge in [0.25, 0.3) is 0 Å². The van der Waals surface area contributed by atoms with Crippen molar-refractivity contribution < 1.29 is 0 Å². The first-order valence-electron chi connectivity index (χ1n) is 6.10. The predicted molar refractivity (Wildman–Crippen MR) is 71.3 cm³/mol. The summed E-state index contributed by atoms with van der Waals surface area (Å²) < 4.78 is 1.93. The van der Waals surface area contributed by atoms with Crippen LogP contribution in [0.2, 0.25) is 0 Å². The smallest absolute Gasteiger partial charge is 0.0582 e. The average molecular weight is 229 g/mol. The zero-order valence-corrected chi connectivity index (χ0v) is 10.5. The van der Waals surface area contributed by atoms with Gasteiger partial charge in [0, 0.05) is 24.6 Å². The van der Waals surface area contributed by atoms with E-state index in [9.17, 15) is 0 Å². The molecule has 2 rings (SSSR count). The lowest BCUT2D eigenvalue weighted by atomic mass is 10.1. The molecule has 1 heterocycles. The van der Waals surface area contributed by atoms with Crippen molar-refractivity contribution in [2.45, 2.75) is 26.8 Å². The maximum absolute atomic E-state index is 4.17. The fourth-order valence-electron chi connectivity index (χ4n) is 1.91. The lowest BCUT2D eigenvalue weighted by Crippen LogP contribution is -2.10. The van der Waals surface area contributed by atoms with E-state index in [2.05, 4.69) is 42.5 Å². The van der Waals surface area contributed by atoms with Crippen LogP contribution >= 0.6 is 0 Å². The first-order valence-corrected chi connectivity index (χ1v) is 6.10. The molecule has 90 valence electrons. The number of aromatic nitrogens is 2. The molecule has 0 aliphatic carbocycles. The molecular weight excluding hydrogens is 210 g/mol. The lowest BCUT2D eigenvalue weighted by Gasteiger charge is -2.10. The van der Waals surface area contributed by atoms with Crippen LogP contribution in [0.3, 0.4) is 0 Å². The Kier molecular flexibility index (Phi) is 3.81. The van der Waals surface area contributed by atoms with Gasteiger partial charge in [-0.1, -0.05) is 13.0 Å². The third kappa shape index (κ3) is 3.09. The fourth-order valence-corrected chi connectivity index (χ4v) is 1.91. The molecule has 3 heteroatoms. The molecule has 0 aliphatic heterocycles. The molecule has 0 atom stereocenters. The van der Waals surface area contributed by atoms with Crippen molar-refractivity contribution in [3.05, 3.63) is 47.8 Å². The highest BCUT2D eigenvalue weighted by Crippen LogP contribution is 2.15. The first-order chi connectivity index (χ1) is 8.29. The summed E-state index contributed by atoms with van der Waals surface area (Å²) in [6, 6.07) is 8.49. The van der Waals surface area contributed by atoms with Crippen LogP contribution in [0.1, 0.15) is 18.1 Å². The van der Waals surface area contributed by atoms with Crippen LogP contribution in [-0.2, 0) is 13.0 Å². The molecular formula is C14H19N3. The number of hydrogen-bond donors (Lipinski definition) is 1. The zero-order valence-electron chi connectivity index (χ0n) is 10.5. The molecule has 0 unspecified atom stereocenters. The zero-order chi connectivity index (χ0) is 12.1. The van der Waals surface area contributed by atoms with Gasteiger partial charge in [-0.3, -0.25) is 4.68 Å². The molecule has 1 aromatic carbocycles. The second-order valence-electron chi connectivity index (χ2n) is 4.19. The van der Waals surface area contributed by atoms with E-state index in [0.717, 1.165) is 19.5 Å². The van der Waals surface area contributed by atoms with E-state index in [0.29, 0.717) is 0 Å². The molecule has 0 saturated heterocycles. The van der Waals surface area contributed by atoms with Gasteiger partial charge in [-0.15, -0.1) is 0 Å². The normalized spacial score (nSPS) is 10.5. The van der Waals surface area contributed by atoms with Crippen LogP contribution in [0.25, 0.3) is 0 Å². The van der Waals surface area contributed by atoms with Crippen LogP contribution in [0.5, 0.6) is 0 Å². The van der Waals surface area contributed by atoms with Gasteiger partial charge < -0.3 is 5.32 Å². The summed E-state index contributed by atoms with van der Waals surface area (Å²) in [5, 5.41) is 7.60. The Bertz CT molecular complexity index is 460. The third-order valence-electron chi connectivity index (χ3n) is 2.96.